The topological polar surface area (TPSA) is 77.5 Å². The van der Waals surface area contributed by atoms with E-state index in [1.165, 1.54) is 6.21 Å². The van der Waals surface area contributed by atoms with Crippen LogP contribution in [0.5, 0.6) is 5.75 Å². The second-order valence-electron chi connectivity index (χ2n) is 3.49. The van der Waals surface area contributed by atoms with Gasteiger partial charge in [0.05, 0.1) is 6.21 Å². The summed E-state index contributed by atoms with van der Waals surface area (Å²) in [7, 11) is 0. The Morgan fingerprint density at radius 2 is 2.22 bits per heavy atom. The van der Waals surface area contributed by atoms with Gasteiger partial charge in [0, 0.05) is 16.2 Å². The van der Waals surface area contributed by atoms with Crippen molar-refractivity contribution in [2.24, 2.45) is 5.10 Å². The molecule has 0 fully saturated rings. The second-order valence-corrected chi connectivity index (χ2v) is 4.41. The number of para-hydroxylation sites is 1. The van der Waals surface area contributed by atoms with Crippen LogP contribution in [0.3, 0.4) is 0 Å². The SMILES string of the molecule is O=C(N/N=C/c1ccccc1O)c1cc(Br)c[nH]1. The van der Waals surface area contributed by atoms with Gasteiger partial charge in [-0.1, -0.05) is 12.1 Å². The number of rotatable bonds is 3. The molecule has 0 aliphatic rings. The molecule has 0 aliphatic carbocycles. The number of phenolic OH excluding ortho intramolecular Hbond substituents is 1. The Morgan fingerprint density at radius 1 is 1.44 bits per heavy atom. The number of aromatic nitrogens is 1. The van der Waals surface area contributed by atoms with Crippen LogP contribution >= 0.6 is 15.9 Å². The second kappa shape index (κ2) is 5.50. The van der Waals surface area contributed by atoms with Gasteiger partial charge in [0.15, 0.2) is 0 Å². The highest BCUT2D eigenvalue weighted by Gasteiger charge is 2.05. The van der Waals surface area contributed by atoms with E-state index in [0.717, 1.165) is 4.47 Å². The Balaban J connectivity index is 2.00. The number of H-pyrrole nitrogens is 1. The molecule has 0 spiro atoms. The van der Waals surface area contributed by atoms with Crippen molar-refractivity contribution in [1.82, 2.24) is 10.4 Å². The minimum Gasteiger partial charge on any atom is -0.507 e. The van der Waals surface area contributed by atoms with Gasteiger partial charge in [-0.3, -0.25) is 4.79 Å². The number of aromatic amines is 1. The lowest BCUT2D eigenvalue weighted by Crippen LogP contribution is -2.17. The molecule has 0 atom stereocenters. The normalized spacial score (nSPS) is 10.7. The highest BCUT2D eigenvalue weighted by molar-refractivity contribution is 9.10. The summed E-state index contributed by atoms with van der Waals surface area (Å²) in [6.07, 6.45) is 3.03. The van der Waals surface area contributed by atoms with Crippen molar-refractivity contribution in [1.29, 1.82) is 0 Å². The van der Waals surface area contributed by atoms with Crippen molar-refractivity contribution >= 4 is 28.1 Å². The molecule has 1 heterocycles. The molecule has 6 heteroatoms. The Morgan fingerprint density at radius 3 is 2.89 bits per heavy atom. The van der Waals surface area contributed by atoms with E-state index in [9.17, 15) is 9.90 Å². The van der Waals surface area contributed by atoms with Gasteiger partial charge < -0.3 is 10.1 Å². The van der Waals surface area contributed by atoms with Crippen LogP contribution in [0.4, 0.5) is 0 Å². The number of nitrogens with one attached hydrogen (secondary N) is 2. The third kappa shape index (κ3) is 2.98. The van der Waals surface area contributed by atoms with E-state index in [0.29, 0.717) is 11.3 Å². The lowest BCUT2D eigenvalue weighted by Gasteiger charge is -1.98. The maximum Gasteiger partial charge on any atom is 0.287 e. The van der Waals surface area contributed by atoms with Crippen LogP contribution in [0.15, 0.2) is 46.1 Å². The van der Waals surface area contributed by atoms with Gasteiger partial charge >= 0.3 is 0 Å². The monoisotopic (exact) mass is 307 g/mol. The first-order valence-electron chi connectivity index (χ1n) is 5.12. The van der Waals surface area contributed by atoms with Gasteiger partial charge in [0.25, 0.3) is 5.91 Å². The molecule has 5 nitrogen and oxygen atoms in total. The van der Waals surface area contributed by atoms with Crippen LogP contribution in [0.1, 0.15) is 16.1 Å². The Bertz CT molecular complexity index is 593. The molecule has 0 saturated heterocycles. The Kier molecular flexibility index (Phi) is 3.78. The maximum atomic E-state index is 11.6. The minimum absolute atomic E-state index is 0.109. The number of phenols is 1. The van der Waals surface area contributed by atoms with Crippen LogP contribution in [0.2, 0.25) is 0 Å². The van der Waals surface area contributed by atoms with Gasteiger partial charge in [-0.05, 0) is 34.1 Å². The summed E-state index contributed by atoms with van der Waals surface area (Å²) in [5.74, 6) is -0.245. The first-order valence-corrected chi connectivity index (χ1v) is 5.91. The summed E-state index contributed by atoms with van der Waals surface area (Å²) in [5, 5.41) is 13.2. The average Bonchev–Trinajstić information content (AvgIpc) is 2.78. The molecule has 0 unspecified atom stereocenters. The number of hydrazone groups is 1. The third-order valence-corrected chi connectivity index (χ3v) is 2.66. The highest BCUT2D eigenvalue weighted by Crippen LogP contribution is 2.12. The predicted octanol–water partition coefficient (Wildman–Crippen LogP) is 2.25. The van der Waals surface area contributed by atoms with Crippen molar-refractivity contribution in [2.75, 3.05) is 0 Å². The number of carbonyl (C=O) groups is 1. The number of halogens is 1. The van der Waals surface area contributed by atoms with E-state index >= 15 is 0 Å². The molecule has 0 bridgehead atoms. The van der Waals surface area contributed by atoms with Gasteiger partial charge in [-0.2, -0.15) is 5.10 Å². The number of hydrogen-bond donors (Lipinski definition) is 3. The molecule has 1 aromatic heterocycles. The summed E-state index contributed by atoms with van der Waals surface area (Å²) < 4.78 is 0.789. The largest absolute Gasteiger partial charge is 0.507 e. The molecule has 2 rings (SSSR count). The molecule has 1 amide bonds. The number of carbonyl (C=O) groups excluding carboxylic acids is 1. The van der Waals surface area contributed by atoms with E-state index in [1.807, 2.05) is 0 Å². The molecule has 3 N–H and O–H groups in total. The van der Waals surface area contributed by atoms with Crippen molar-refractivity contribution in [3.8, 4) is 5.75 Å². The van der Waals surface area contributed by atoms with Gasteiger partial charge in [-0.25, -0.2) is 5.43 Å². The van der Waals surface area contributed by atoms with E-state index in [2.05, 4.69) is 31.4 Å². The third-order valence-electron chi connectivity index (χ3n) is 2.20. The van der Waals surface area contributed by atoms with Crippen LogP contribution in [0, 0.1) is 0 Å². The summed E-state index contributed by atoms with van der Waals surface area (Å²) in [6, 6.07) is 8.36. The molecule has 0 saturated carbocycles. The molecule has 0 aliphatic heterocycles. The zero-order valence-corrected chi connectivity index (χ0v) is 10.8. The van der Waals surface area contributed by atoms with E-state index in [1.54, 1.807) is 36.5 Å². The molecular formula is C12H10BrN3O2. The van der Waals surface area contributed by atoms with E-state index in [-0.39, 0.29) is 11.7 Å². The lowest BCUT2D eigenvalue weighted by atomic mass is 10.2. The van der Waals surface area contributed by atoms with Crippen molar-refractivity contribution in [3.05, 3.63) is 52.3 Å². The quantitative estimate of drug-likeness (QED) is 0.601. The number of amides is 1. The fraction of sp³-hybridized carbons (Fsp3) is 0. The molecule has 18 heavy (non-hydrogen) atoms. The standard InChI is InChI=1S/C12H10BrN3O2/c13-9-5-10(14-7-9)12(18)16-15-6-8-3-1-2-4-11(8)17/h1-7,14,17H,(H,16,18)/b15-6+. The van der Waals surface area contributed by atoms with Crippen LogP contribution < -0.4 is 5.43 Å². The van der Waals surface area contributed by atoms with Crippen molar-refractivity contribution in [3.63, 3.8) is 0 Å². The Labute approximate surface area is 112 Å². The fourth-order valence-corrected chi connectivity index (χ4v) is 1.66. The van der Waals surface area contributed by atoms with Crippen molar-refractivity contribution < 1.29 is 9.90 Å². The van der Waals surface area contributed by atoms with Gasteiger partial charge in [-0.15, -0.1) is 0 Å². The first kappa shape index (κ1) is 12.4. The summed E-state index contributed by atoms with van der Waals surface area (Å²) >= 11 is 3.23. The summed E-state index contributed by atoms with van der Waals surface area (Å²) in [4.78, 5) is 14.4. The molecular weight excluding hydrogens is 298 g/mol. The molecule has 1 aromatic carbocycles. The number of nitrogens with zero attached hydrogens (tertiary/aromatic N) is 1. The number of aromatic hydroxyl groups is 1. The molecule has 0 radical (unpaired) electrons. The summed E-state index contributed by atoms with van der Waals surface area (Å²) in [5.41, 5.74) is 3.29. The smallest absolute Gasteiger partial charge is 0.287 e. The zero-order valence-electron chi connectivity index (χ0n) is 9.22. The molecule has 2 aromatic rings. The molecule has 92 valence electrons. The predicted molar refractivity (Wildman–Crippen MR) is 71.7 cm³/mol. The van der Waals surface area contributed by atoms with E-state index < -0.39 is 0 Å². The van der Waals surface area contributed by atoms with Crippen molar-refractivity contribution in [2.45, 2.75) is 0 Å². The maximum absolute atomic E-state index is 11.6. The van der Waals surface area contributed by atoms with Crippen LogP contribution in [-0.4, -0.2) is 22.2 Å². The van der Waals surface area contributed by atoms with Crippen LogP contribution in [0.25, 0.3) is 0 Å². The first-order chi connectivity index (χ1) is 8.66. The number of hydrogen-bond acceptors (Lipinski definition) is 3. The highest BCUT2D eigenvalue weighted by atomic mass is 79.9. The zero-order chi connectivity index (χ0) is 13.0. The number of benzene rings is 1. The summed E-state index contributed by atoms with van der Waals surface area (Å²) in [6.45, 7) is 0. The lowest BCUT2D eigenvalue weighted by molar-refractivity contribution is 0.0950. The minimum atomic E-state index is -0.354. The average molecular weight is 308 g/mol. The fourth-order valence-electron chi connectivity index (χ4n) is 1.32. The Hall–Kier alpha value is -2.08. The van der Waals surface area contributed by atoms with Gasteiger partial charge in [0.1, 0.15) is 11.4 Å². The van der Waals surface area contributed by atoms with Crippen LogP contribution in [-0.2, 0) is 0 Å². The van der Waals surface area contributed by atoms with E-state index in [4.69, 9.17) is 0 Å². The van der Waals surface area contributed by atoms with Gasteiger partial charge in [0.2, 0.25) is 0 Å².